The summed E-state index contributed by atoms with van der Waals surface area (Å²) in [6.07, 6.45) is 0. The molecule has 1 aromatic carbocycles. The van der Waals surface area contributed by atoms with Gasteiger partial charge in [0.25, 0.3) is 0 Å². The van der Waals surface area contributed by atoms with Crippen LogP contribution in [-0.4, -0.2) is 46.3 Å². The zero-order valence-corrected chi connectivity index (χ0v) is 18.8. The fourth-order valence-corrected chi connectivity index (χ4v) is 4.03. The minimum absolute atomic E-state index is 0.443. The summed E-state index contributed by atoms with van der Waals surface area (Å²) in [5.41, 5.74) is 4.74. The maximum Gasteiger partial charge on any atom is 0.144 e. The fourth-order valence-electron chi connectivity index (χ4n) is 3.41. The Labute approximate surface area is 175 Å². The number of morpholine rings is 1. The summed E-state index contributed by atoms with van der Waals surface area (Å²) >= 11 is -1.37. The Kier molecular flexibility index (Phi) is 6.18. The monoisotopic (exact) mass is 412 g/mol. The molecule has 0 spiro atoms. The van der Waals surface area contributed by atoms with Gasteiger partial charge >= 0.3 is 0 Å². The molecule has 0 radical (unpaired) electrons. The van der Waals surface area contributed by atoms with Crippen LogP contribution in [0.15, 0.2) is 16.5 Å². The number of aryl methyl sites for hydroxylation is 1. The first-order valence-corrected chi connectivity index (χ1v) is 10.9. The third kappa shape index (κ3) is 4.40. The van der Waals surface area contributed by atoms with Crippen molar-refractivity contribution in [2.24, 2.45) is 4.40 Å². The minimum atomic E-state index is -1.37. The molecule has 1 aliphatic heterocycles. The molecule has 0 bridgehead atoms. The number of pyridine rings is 1. The van der Waals surface area contributed by atoms with Gasteiger partial charge in [-0.15, -0.1) is 0 Å². The molecule has 1 fully saturated rings. The molecule has 1 aliphatic rings. The van der Waals surface area contributed by atoms with Gasteiger partial charge in [-0.25, -0.2) is 4.98 Å². The molecule has 6 nitrogen and oxygen atoms in total. The highest BCUT2D eigenvalue weighted by atomic mass is 32.2. The number of fused-ring (bicyclic) bond motifs is 1. The Hall–Kier alpha value is -2.14. The second kappa shape index (κ2) is 8.31. The third-order valence-corrected chi connectivity index (χ3v) is 6.50. The van der Waals surface area contributed by atoms with E-state index in [-0.39, 0.29) is 0 Å². The lowest BCUT2D eigenvalue weighted by Gasteiger charge is -2.30. The Balaban J connectivity index is 2.25. The van der Waals surface area contributed by atoms with E-state index in [1.807, 2.05) is 53.7 Å². The van der Waals surface area contributed by atoms with Crippen LogP contribution in [0.4, 0.5) is 5.82 Å². The van der Waals surface area contributed by atoms with E-state index in [0.29, 0.717) is 24.5 Å². The van der Waals surface area contributed by atoms with Gasteiger partial charge in [-0.05, 0) is 59.2 Å². The van der Waals surface area contributed by atoms with Crippen LogP contribution in [0, 0.1) is 25.2 Å². The standard InChI is InChI=1S/C22H28N4O2S/c1-14-11-17(16(3)25-29(27)22(4,5)6)20-18(12-14)19(13-23)15(2)21(24-20)26-7-9-28-10-8-26/h11-12H,7-10H2,1-6H3. The van der Waals surface area contributed by atoms with Crippen LogP contribution in [0.3, 0.4) is 0 Å². The Morgan fingerprint density at radius 2 is 1.93 bits per heavy atom. The van der Waals surface area contributed by atoms with Crippen LogP contribution >= 0.6 is 0 Å². The Morgan fingerprint density at radius 1 is 1.28 bits per heavy atom. The van der Waals surface area contributed by atoms with Gasteiger partial charge in [-0.1, -0.05) is 4.40 Å². The van der Waals surface area contributed by atoms with Crippen molar-refractivity contribution in [1.29, 1.82) is 5.26 Å². The number of rotatable bonds is 3. The van der Waals surface area contributed by atoms with E-state index in [2.05, 4.69) is 15.4 Å². The number of hydrogen-bond donors (Lipinski definition) is 0. The van der Waals surface area contributed by atoms with Gasteiger partial charge in [0.15, 0.2) is 0 Å². The molecular weight excluding hydrogens is 384 g/mol. The zero-order valence-electron chi connectivity index (χ0n) is 18.0. The first-order chi connectivity index (χ1) is 13.6. The SMILES string of the molecule is CC(=N[S+]([O-])C(C)(C)C)c1cc(C)cc2c(C#N)c(C)c(N3CCOCC3)nc12. The summed E-state index contributed by atoms with van der Waals surface area (Å²) in [5.74, 6) is 0.812. The van der Waals surface area contributed by atoms with Gasteiger partial charge in [0.1, 0.15) is 28.0 Å². The molecular formula is C22H28N4O2S. The summed E-state index contributed by atoms with van der Waals surface area (Å²) in [6, 6.07) is 6.38. The summed E-state index contributed by atoms with van der Waals surface area (Å²) in [7, 11) is 0. The lowest BCUT2D eigenvalue weighted by molar-refractivity contribution is 0.122. The second-order valence-corrected chi connectivity index (χ2v) is 10.3. The van der Waals surface area contributed by atoms with Crippen molar-refractivity contribution in [2.75, 3.05) is 31.2 Å². The third-order valence-electron chi connectivity index (χ3n) is 5.01. The predicted octanol–water partition coefficient (Wildman–Crippen LogP) is 3.83. The van der Waals surface area contributed by atoms with Crippen molar-refractivity contribution in [3.05, 3.63) is 34.4 Å². The van der Waals surface area contributed by atoms with Crippen molar-refractivity contribution in [1.82, 2.24) is 4.98 Å². The maximum absolute atomic E-state index is 12.6. The lowest BCUT2D eigenvalue weighted by Crippen LogP contribution is -2.37. The normalized spacial score (nSPS) is 16.8. The van der Waals surface area contributed by atoms with Crippen LogP contribution in [0.2, 0.25) is 0 Å². The van der Waals surface area contributed by atoms with E-state index in [9.17, 15) is 9.81 Å². The second-order valence-electron chi connectivity index (χ2n) is 8.39. The number of nitrogens with zero attached hydrogens (tertiary/aromatic N) is 4. The van der Waals surface area contributed by atoms with Crippen molar-refractivity contribution >= 4 is 33.8 Å². The van der Waals surface area contributed by atoms with Crippen molar-refractivity contribution < 1.29 is 9.29 Å². The van der Waals surface area contributed by atoms with Gasteiger partial charge in [0.2, 0.25) is 0 Å². The average Bonchev–Trinajstić information content (AvgIpc) is 2.67. The lowest BCUT2D eigenvalue weighted by atomic mass is 9.97. The number of benzene rings is 1. The summed E-state index contributed by atoms with van der Waals surface area (Å²) in [4.78, 5) is 7.15. The van der Waals surface area contributed by atoms with Crippen LogP contribution in [-0.2, 0) is 16.1 Å². The summed E-state index contributed by atoms with van der Waals surface area (Å²) in [6.45, 7) is 14.3. The molecule has 1 unspecified atom stereocenters. The largest absolute Gasteiger partial charge is 0.591 e. The number of nitriles is 1. The van der Waals surface area contributed by atoms with Crippen molar-refractivity contribution in [2.45, 2.75) is 46.3 Å². The minimum Gasteiger partial charge on any atom is -0.591 e. The molecule has 1 atom stereocenters. The van der Waals surface area contributed by atoms with E-state index in [1.165, 1.54) is 0 Å². The van der Waals surface area contributed by atoms with Gasteiger partial charge in [-0.2, -0.15) is 5.26 Å². The maximum atomic E-state index is 12.6. The molecule has 0 saturated carbocycles. The topological polar surface area (TPSA) is 84.6 Å². The smallest absolute Gasteiger partial charge is 0.144 e. The molecule has 2 aromatic rings. The molecule has 1 aromatic heterocycles. The molecule has 2 heterocycles. The van der Waals surface area contributed by atoms with Gasteiger partial charge in [0, 0.05) is 29.6 Å². The van der Waals surface area contributed by atoms with E-state index in [0.717, 1.165) is 46.5 Å². The Bertz CT molecular complexity index is 999. The number of hydrogen-bond acceptors (Lipinski definition) is 6. The molecule has 29 heavy (non-hydrogen) atoms. The van der Waals surface area contributed by atoms with Gasteiger partial charge in [0.05, 0.1) is 30.0 Å². The summed E-state index contributed by atoms with van der Waals surface area (Å²) < 4.78 is 22.1. The molecule has 0 N–H and O–H groups in total. The molecule has 1 saturated heterocycles. The predicted molar refractivity (Wildman–Crippen MR) is 119 cm³/mol. The Morgan fingerprint density at radius 3 is 2.52 bits per heavy atom. The molecule has 0 amide bonds. The van der Waals surface area contributed by atoms with Crippen molar-refractivity contribution in [3.8, 4) is 6.07 Å². The van der Waals surface area contributed by atoms with Crippen molar-refractivity contribution in [3.63, 3.8) is 0 Å². The first kappa shape index (κ1) is 21.6. The van der Waals surface area contributed by atoms with E-state index >= 15 is 0 Å². The number of ether oxygens (including phenoxy) is 1. The van der Waals surface area contributed by atoms with Crippen LogP contribution in [0.1, 0.15) is 49.9 Å². The van der Waals surface area contributed by atoms with Gasteiger partial charge in [-0.3, -0.25) is 0 Å². The molecule has 0 aliphatic carbocycles. The highest BCUT2D eigenvalue weighted by molar-refractivity contribution is 7.91. The van der Waals surface area contributed by atoms with E-state index in [1.54, 1.807) is 0 Å². The number of anilines is 1. The van der Waals surface area contributed by atoms with Crippen LogP contribution in [0.25, 0.3) is 10.9 Å². The van der Waals surface area contributed by atoms with E-state index < -0.39 is 16.1 Å². The number of aromatic nitrogens is 1. The molecule has 154 valence electrons. The highest BCUT2D eigenvalue weighted by Crippen LogP contribution is 2.32. The first-order valence-electron chi connectivity index (χ1n) is 9.79. The van der Waals surface area contributed by atoms with E-state index in [4.69, 9.17) is 9.72 Å². The van der Waals surface area contributed by atoms with Gasteiger partial charge < -0.3 is 14.2 Å². The summed E-state index contributed by atoms with van der Waals surface area (Å²) in [5, 5.41) is 10.7. The molecule has 3 rings (SSSR count). The molecule has 7 heteroatoms. The zero-order chi connectivity index (χ0) is 21.3. The average molecular weight is 413 g/mol. The fraction of sp³-hybridized carbons (Fsp3) is 0.500. The van der Waals surface area contributed by atoms with Crippen LogP contribution < -0.4 is 4.90 Å². The highest BCUT2D eigenvalue weighted by Gasteiger charge is 2.28. The van der Waals surface area contributed by atoms with Crippen LogP contribution in [0.5, 0.6) is 0 Å². The quantitative estimate of drug-likeness (QED) is 0.565.